The van der Waals surface area contributed by atoms with Crippen LogP contribution in [0.15, 0.2) is 22.7 Å². The van der Waals surface area contributed by atoms with Gasteiger partial charge in [-0.05, 0) is 18.2 Å². The molecule has 0 radical (unpaired) electrons. The van der Waals surface area contributed by atoms with Gasteiger partial charge in [0.15, 0.2) is 5.78 Å². The van der Waals surface area contributed by atoms with Crippen molar-refractivity contribution >= 4 is 28.7 Å². The third kappa shape index (κ3) is 2.09. The third-order valence-corrected chi connectivity index (χ3v) is 2.82. The number of Topliss-reactive ketones (excluding diaryl/α,β-unsaturated/α-hetero) is 1. The van der Waals surface area contributed by atoms with Gasteiger partial charge >= 0.3 is 6.98 Å². The largest absolute Gasteiger partial charge is 0.518 e. The minimum Gasteiger partial charge on any atom is -0.517 e. The van der Waals surface area contributed by atoms with Crippen molar-refractivity contribution in [3.8, 4) is 5.75 Å². The van der Waals surface area contributed by atoms with E-state index in [0.717, 1.165) is 0 Å². The van der Waals surface area contributed by atoms with E-state index in [-0.39, 0.29) is 11.3 Å². The van der Waals surface area contributed by atoms with Crippen molar-refractivity contribution in [1.29, 1.82) is 0 Å². The summed E-state index contributed by atoms with van der Waals surface area (Å²) in [7, 11) is 0. The first-order valence-corrected chi connectivity index (χ1v) is 5.36. The monoisotopic (exact) mass is 293 g/mol. The average molecular weight is 294 g/mol. The molecule has 0 fully saturated rings. The Balaban J connectivity index is 2.38. The second-order valence-corrected chi connectivity index (χ2v) is 4.47. The summed E-state index contributed by atoms with van der Waals surface area (Å²) >= 11 is 3.15. The molecule has 0 N–H and O–H groups in total. The number of rotatable bonds is 1. The minimum absolute atomic E-state index is 0.00338. The van der Waals surface area contributed by atoms with Gasteiger partial charge in [-0.3, -0.25) is 4.79 Å². The molecule has 1 aliphatic heterocycles. The molecule has 1 aromatic carbocycles. The van der Waals surface area contributed by atoms with E-state index in [1.807, 2.05) is 0 Å². The fraction of sp³-hybridized carbons (Fsp3) is 0.222. The fourth-order valence-electron chi connectivity index (χ4n) is 1.53. The molecule has 0 aliphatic carbocycles. The highest BCUT2D eigenvalue weighted by Crippen LogP contribution is 2.34. The molecule has 16 heavy (non-hydrogen) atoms. The van der Waals surface area contributed by atoms with Crippen molar-refractivity contribution in [2.24, 2.45) is 0 Å². The Kier molecular flexibility index (Phi) is 2.73. The highest BCUT2D eigenvalue weighted by Gasteiger charge is 2.41. The van der Waals surface area contributed by atoms with E-state index in [9.17, 15) is 17.7 Å². The number of halogens is 4. The molecule has 2 rings (SSSR count). The molecular weight excluding hydrogens is 288 g/mol. The zero-order valence-corrected chi connectivity index (χ0v) is 9.51. The molecule has 1 aromatic rings. The Morgan fingerprint density at radius 3 is 2.69 bits per heavy atom. The van der Waals surface area contributed by atoms with Gasteiger partial charge in [0.05, 0.1) is 11.6 Å². The standard InChI is InChI=1S/C9H6BBrF3O2/c11-5-1-2-8-6(3-5)7(15)4-9(16-8)10(12,13)14/h1-3,9H,4H2/q-1. The van der Waals surface area contributed by atoms with Crippen LogP contribution in [0, 0.1) is 0 Å². The fourth-order valence-corrected chi connectivity index (χ4v) is 1.89. The maximum Gasteiger partial charge on any atom is 0.518 e. The molecule has 0 amide bonds. The van der Waals surface area contributed by atoms with E-state index in [4.69, 9.17) is 4.74 Å². The summed E-state index contributed by atoms with van der Waals surface area (Å²) in [6, 6.07) is 2.40. The summed E-state index contributed by atoms with van der Waals surface area (Å²) < 4.78 is 42.8. The molecule has 7 heteroatoms. The summed E-state index contributed by atoms with van der Waals surface area (Å²) in [6.45, 7) is -5.15. The quantitative estimate of drug-likeness (QED) is 0.744. The van der Waals surface area contributed by atoms with Crippen LogP contribution in [0.3, 0.4) is 0 Å². The predicted octanol–water partition coefficient (Wildman–Crippen LogP) is 3.17. The van der Waals surface area contributed by atoms with Crippen molar-refractivity contribution in [3.63, 3.8) is 0 Å². The Morgan fingerprint density at radius 2 is 2.06 bits per heavy atom. The van der Waals surface area contributed by atoms with Crippen LogP contribution in [0.25, 0.3) is 0 Å². The molecule has 1 heterocycles. The lowest BCUT2D eigenvalue weighted by Gasteiger charge is -2.31. The third-order valence-electron chi connectivity index (χ3n) is 2.33. The lowest BCUT2D eigenvalue weighted by molar-refractivity contribution is 0.0879. The second-order valence-electron chi connectivity index (χ2n) is 3.55. The number of hydrogen-bond acceptors (Lipinski definition) is 2. The van der Waals surface area contributed by atoms with Gasteiger partial charge in [-0.15, -0.1) is 0 Å². The Morgan fingerprint density at radius 1 is 1.38 bits per heavy atom. The Labute approximate surface area is 98.0 Å². The number of carbonyl (C=O) groups is 1. The number of fused-ring (bicyclic) bond motifs is 1. The number of ether oxygens (including phenoxy) is 1. The molecule has 1 aliphatic rings. The lowest BCUT2D eigenvalue weighted by atomic mass is 9.77. The van der Waals surface area contributed by atoms with E-state index in [1.165, 1.54) is 18.2 Å². The van der Waals surface area contributed by atoms with Gasteiger partial charge in [0.1, 0.15) is 5.75 Å². The van der Waals surface area contributed by atoms with E-state index in [0.29, 0.717) is 4.47 Å². The van der Waals surface area contributed by atoms with Crippen LogP contribution in [-0.2, 0) is 0 Å². The zero-order valence-electron chi connectivity index (χ0n) is 7.92. The predicted molar refractivity (Wildman–Crippen MR) is 56.6 cm³/mol. The lowest BCUT2D eigenvalue weighted by Crippen LogP contribution is -2.43. The van der Waals surface area contributed by atoms with E-state index in [1.54, 1.807) is 0 Å². The summed E-state index contributed by atoms with van der Waals surface area (Å²) in [6.07, 6.45) is -0.632. The molecule has 86 valence electrons. The molecule has 0 aromatic heterocycles. The van der Waals surface area contributed by atoms with Crippen molar-refractivity contribution in [1.82, 2.24) is 0 Å². The molecule has 0 saturated carbocycles. The van der Waals surface area contributed by atoms with Crippen molar-refractivity contribution < 1.29 is 22.5 Å². The van der Waals surface area contributed by atoms with Crippen molar-refractivity contribution in [2.45, 2.75) is 12.4 Å². The molecule has 0 spiro atoms. The molecule has 0 saturated heterocycles. The van der Waals surface area contributed by atoms with Crippen molar-refractivity contribution in [3.05, 3.63) is 28.2 Å². The smallest absolute Gasteiger partial charge is 0.517 e. The van der Waals surface area contributed by atoms with Crippen LogP contribution < -0.4 is 4.74 Å². The van der Waals surface area contributed by atoms with Gasteiger partial charge in [0.2, 0.25) is 0 Å². The zero-order chi connectivity index (χ0) is 11.9. The number of hydrogen-bond donors (Lipinski definition) is 0. The second kappa shape index (κ2) is 3.80. The van der Waals surface area contributed by atoms with E-state index >= 15 is 0 Å². The van der Waals surface area contributed by atoms with Gasteiger partial charge in [0.25, 0.3) is 0 Å². The van der Waals surface area contributed by atoms with E-state index < -0.39 is 25.2 Å². The molecule has 1 atom stereocenters. The van der Waals surface area contributed by atoms with Crippen LogP contribution >= 0.6 is 15.9 Å². The van der Waals surface area contributed by atoms with Gasteiger partial charge in [-0.2, -0.15) is 0 Å². The van der Waals surface area contributed by atoms with Crippen molar-refractivity contribution in [2.75, 3.05) is 0 Å². The summed E-state index contributed by atoms with van der Waals surface area (Å²) in [5.74, 6) is -0.532. The highest BCUT2D eigenvalue weighted by atomic mass is 79.9. The first-order chi connectivity index (χ1) is 7.38. The SMILES string of the molecule is O=C1CC([B-](F)(F)F)Oc2ccc(Br)cc21. The van der Waals surface area contributed by atoms with Gasteiger partial charge < -0.3 is 17.7 Å². The maximum absolute atomic E-state index is 12.5. The Bertz CT molecular complexity index is 447. The van der Waals surface area contributed by atoms with Gasteiger partial charge in [0, 0.05) is 10.9 Å². The summed E-state index contributed by atoms with van der Waals surface area (Å²) in [4.78, 5) is 11.5. The minimum atomic E-state index is -5.15. The number of ketones is 1. The Hall–Kier alpha value is -0.975. The van der Waals surface area contributed by atoms with Crippen LogP contribution in [0.5, 0.6) is 5.75 Å². The molecule has 0 bridgehead atoms. The highest BCUT2D eigenvalue weighted by molar-refractivity contribution is 9.10. The molecule has 2 nitrogen and oxygen atoms in total. The van der Waals surface area contributed by atoms with Crippen LogP contribution in [0.4, 0.5) is 12.9 Å². The van der Waals surface area contributed by atoms with Gasteiger partial charge in [-0.1, -0.05) is 15.9 Å². The first-order valence-electron chi connectivity index (χ1n) is 4.57. The van der Waals surface area contributed by atoms with Crippen LogP contribution in [0.1, 0.15) is 16.8 Å². The van der Waals surface area contributed by atoms with Gasteiger partial charge in [-0.25, -0.2) is 0 Å². The normalized spacial score (nSPS) is 20.2. The first kappa shape index (κ1) is 11.5. The number of carbonyl (C=O) groups excluding carboxylic acids is 1. The summed E-state index contributed by atoms with van der Waals surface area (Å²) in [5, 5.41) is 0. The summed E-state index contributed by atoms with van der Waals surface area (Å²) in [5.41, 5.74) is 0.200. The molecular formula is C9H6BBrF3O2-. The van der Waals surface area contributed by atoms with E-state index in [2.05, 4.69) is 15.9 Å². The molecule has 1 unspecified atom stereocenters. The average Bonchev–Trinajstić information content (AvgIpc) is 2.17. The number of benzene rings is 1. The topological polar surface area (TPSA) is 26.3 Å². The van der Waals surface area contributed by atoms with Crippen LogP contribution in [0.2, 0.25) is 0 Å². The van der Waals surface area contributed by atoms with Crippen LogP contribution in [-0.4, -0.2) is 18.8 Å². The maximum atomic E-state index is 12.5.